The van der Waals surface area contributed by atoms with Crippen LogP contribution in [0.3, 0.4) is 0 Å². The number of carbonyl (C=O) groups is 1. The lowest BCUT2D eigenvalue weighted by Gasteiger charge is -2.14. The van der Waals surface area contributed by atoms with Crippen LogP contribution in [0.15, 0.2) is 40.9 Å². The standard InChI is InChI=1S/C17H15BrCl2N2O2S/c1-2-8-24-14-7-6-10(18)9-11(14)16(23)22-17(25)21-15-12(19)4-3-5-13(15)20/h3-7,9H,2,8H2,1H3,(H2,21,22,23,25). The van der Waals surface area contributed by atoms with Gasteiger partial charge in [0.05, 0.1) is 27.9 Å². The van der Waals surface area contributed by atoms with Crippen molar-refractivity contribution in [3.8, 4) is 5.75 Å². The Morgan fingerprint density at radius 3 is 2.56 bits per heavy atom. The fourth-order valence-electron chi connectivity index (χ4n) is 1.95. The van der Waals surface area contributed by atoms with Crippen LogP contribution in [0.1, 0.15) is 23.7 Å². The van der Waals surface area contributed by atoms with Gasteiger partial charge in [-0.15, -0.1) is 0 Å². The number of nitrogens with one attached hydrogen (secondary N) is 2. The van der Waals surface area contributed by atoms with E-state index < -0.39 is 5.91 Å². The Kier molecular flexibility index (Phi) is 7.50. The number of hydrogen-bond donors (Lipinski definition) is 2. The van der Waals surface area contributed by atoms with Crippen LogP contribution in [0, 0.1) is 0 Å². The highest BCUT2D eigenvalue weighted by Gasteiger charge is 2.16. The maximum atomic E-state index is 12.5. The van der Waals surface area contributed by atoms with Gasteiger partial charge in [0.25, 0.3) is 5.91 Å². The molecule has 0 unspecified atom stereocenters. The van der Waals surface area contributed by atoms with Gasteiger partial charge >= 0.3 is 0 Å². The fourth-order valence-corrected chi connectivity index (χ4v) is 3.00. The second kappa shape index (κ2) is 9.38. The van der Waals surface area contributed by atoms with Crippen molar-refractivity contribution >= 4 is 68.1 Å². The van der Waals surface area contributed by atoms with E-state index in [4.69, 9.17) is 40.2 Å². The second-order valence-corrected chi connectivity index (χ2v) is 7.13. The van der Waals surface area contributed by atoms with E-state index in [1.54, 1.807) is 30.3 Å². The predicted molar refractivity (Wildman–Crippen MR) is 110 cm³/mol. The summed E-state index contributed by atoms with van der Waals surface area (Å²) in [6.07, 6.45) is 0.835. The lowest BCUT2D eigenvalue weighted by molar-refractivity contribution is 0.0973. The third-order valence-corrected chi connectivity index (χ3v) is 4.40. The quantitative estimate of drug-likeness (QED) is 0.563. The predicted octanol–water partition coefficient (Wildman–Crippen LogP) is 5.67. The molecule has 0 aliphatic rings. The van der Waals surface area contributed by atoms with Gasteiger partial charge in [0.1, 0.15) is 5.75 Å². The van der Waals surface area contributed by atoms with Crippen molar-refractivity contribution in [2.75, 3.05) is 11.9 Å². The minimum absolute atomic E-state index is 0.0846. The Morgan fingerprint density at radius 2 is 1.92 bits per heavy atom. The molecule has 0 fully saturated rings. The summed E-state index contributed by atoms with van der Waals surface area (Å²) in [6.45, 7) is 2.50. The average Bonchev–Trinajstić information content (AvgIpc) is 2.57. The molecule has 8 heteroatoms. The number of rotatable bonds is 5. The molecule has 2 N–H and O–H groups in total. The van der Waals surface area contributed by atoms with E-state index in [-0.39, 0.29) is 5.11 Å². The Labute approximate surface area is 170 Å². The van der Waals surface area contributed by atoms with Crippen molar-refractivity contribution in [2.24, 2.45) is 0 Å². The first-order chi connectivity index (χ1) is 11.9. The van der Waals surface area contributed by atoms with Crippen molar-refractivity contribution in [3.63, 3.8) is 0 Å². The molecule has 0 heterocycles. The van der Waals surface area contributed by atoms with Crippen molar-refractivity contribution in [3.05, 3.63) is 56.5 Å². The third-order valence-electron chi connectivity index (χ3n) is 3.08. The molecule has 4 nitrogen and oxygen atoms in total. The monoisotopic (exact) mass is 460 g/mol. The maximum Gasteiger partial charge on any atom is 0.261 e. The van der Waals surface area contributed by atoms with Crippen molar-refractivity contribution < 1.29 is 9.53 Å². The maximum absolute atomic E-state index is 12.5. The normalized spacial score (nSPS) is 10.2. The number of hydrogen-bond acceptors (Lipinski definition) is 3. The molecule has 132 valence electrons. The number of thiocarbonyl (C=S) groups is 1. The topological polar surface area (TPSA) is 50.4 Å². The SMILES string of the molecule is CCCOc1ccc(Br)cc1C(=O)NC(=S)Nc1c(Cl)cccc1Cl. The summed E-state index contributed by atoms with van der Waals surface area (Å²) >= 11 is 20.7. The van der Waals surface area contributed by atoms with E-state index >= 15 is 0 Å². The summed E-state index contributed by atoms with van der Waals surface area (Å²) in [5.74, 6) is 0.0919. The van der Waals surface area contributed by atoms with Gasteiger partial charge in [-0.3, -0.25) is 10.1 Å². The minimum atomic E-state index is -0.395. The molecule has 0 radical (unpaired) electrons. The van der Waals surface area contributed by atoms with Gasteiger partial charge in [0, 0.05) is 4.47 Å². The van der Waals surface area contributed by atoms with Crippen LogP contribution in [-0.4, -0.2) is 17.6 Å². The zero-order valence-corrected chi connectivity index (χ0v) is 17.2. The highest BCUT2D eigenvalue weighted by molar-refractivity contribution is 9.10. The Hall–Kier alpha value is -1.34. The van der Waals surface area contributed by atoms with Gasteiger partial charge in [-0.25, -0.2) is 0 Å². The minimum Gasteiger partial charge on any atom is -0.493 e. The van der Waals surface area contributed by atoms with Crippen LogP contribution in [0.2, 0.25) is 10.0 Å². The van der Waals surface area contributed by atoms with Crippen LogP contribution in [0.25, 0.3) is 0 Å². The summed E-state index contributed by atoms with van der Waals surface area (Å²) in [5, 5.41) is 6.33. The molecule has 0 spiro atoms. The summed E-state index contributed by atoms with van der Waals surface area (Å²) < 4.78 is 6.37. The molecule has 0 bridgehead atoms. The van der Waals surface area contributed by atoms with E-state index in [0.29, 0.717) is 33.7 Å². The Bertz CT molecular complexity index is 782. The number of amides is 1. The number of benzene rings is 2. The summed E-state index contributed by atoms with van der Waals surface area (Å²) in [5.41, 5.74) is 0.810. The van der Waals surface area contributed by atoms with E-state index in [2.05, 4.69) is 26.6 Å². The summed E-state index contributed by atoms with van der Waals surface area (Å²) in [7, 11) is 0. The molecule has 0 saturated heterocycles. The lowest BCUT2D eigenvalue weighted by Crippen LogP contribution is -2.34. The fraction of sp³-hybridized carbons (Fsp3) is 0.176. The Balaban J connectivity index is 2.14. The lowest BCUT2D eigenvalue weighted by atomic mass is 10.2. The Morgan fingerprint density at radius 1 is 1.24 bits per heavy atom. The van der Waals surface area contributed by atoms with Crippen LogP contribution in [0.5, 0.6) is 5.75 Å². The molecule has 2 rings (SSSR count). The molecule has 0 atom stereocenters. The molecule has 1 amide bonds. The number of carbonyl (C=O) groups excluding carboxylic acids is 1. The van der Waals surface area contributed by atoms with Crippen LogP contribution < -0.4 is 15.4 Å². The van der Waals surface area contributed by atoms with Gasteiger partial charge in [-0.1, -0.05) is 52.1 Å². The highest BCUT2D eigenvalue weighted by Crippen LogP contribution is 2.29. The van der Waals surface area contributed by atoms with Crippen LogP contribution >= 0.6 is 51.3 Å². The van der Waals surface area contributed by atoms with Crippen molar-refractivity contribution in [1.29, 1.82) is 0 Å². The van der Waals surface area contributed by atoms with Gasteiger partial charge in [0.15, 0.2) is 5.11 Å². The van der Waals surface area contributed by atoms with E-state index in [1.165, 1.54) is 0 Å². The molecule has 0 saturated carbocycles. The first-order valence-corrected chi connectivity index (χ1v) is 9.36. The van der Waals surface area contributed by atoms with E-state index in [0.717, 1.165) is 10.9 Å². The van der Waals surface area contributed by atoms with Gasteiger partial charge in [0.2, 0.25) is 0 Å². The molecule has 0 aliphatic carbocycles. The molecule has 0 aliphatic heterocycles. The third kappa shape index (κ3) is 5.57. The zero-order valence-electron chi connectivity index (χ0n) is 13.2. The second-order valence-electron chi connectivity index (χ2n) is 4.99. The van der Waals surface area contributed by atoms with E-state index in [1.807, 2.05) is 13.0 Å². The van der Waals surface area contributed by atoms with Crippen LogP contribution in [0.4, 0.5) is 5.69 Å². The largest absolute Gasteiger partial charge is 0.493 e. The molecular weight excluding hydrogens is 447 g/mol. The number of para-hydroxylation sites is 1. The molecule has 25 heavy (non-hydrogen) atoms. The average molecular weight is 462 g/mol. The number of ether oxygens (including phenoxy) is 1. The molecule has 2 aromatic carbocycles. The van der Waals surface area contributed by atoms with Gasteiger partial charge < -0.3 is 10.1 Å². The summed E-state index contributed by atoms with van der Waals surface area (Å²) in [6, 6.07) is 10.3. The smallest absolute Gasteiger partial charge is 0.261 e. The number of halogens is 3. The zero-order chi connectivity index (χ0) is 18.4. The number of anilines is 1. The first-order valence-electron chi connectivity index (χ1n) is 7.41. The molecule has 0 aromatic heterocycles. The van der Waals surface area contributed by atoms with Crippen molar-refractivity contribution in [1.82, 2.24) is 5.32 Å². The first kappa shape index (κ1) is 20.0. The van der Waals surface area contributed by atoms with Crippen molar-refractivity contribution in [2.45, 2.75) is 13.3 Å². The van der Waals surface area contributed by atoms with Gasteiger partial charge in [-0.2, -0.15) is 0 Å². The van der Waals surface area contributed by atoms with Crippen LogP contribution in [-0.2, 0) is 0 Å². The summed E-state index contributed by atoms with van der Waals surface area (Å²) in [4.78, 5) is 12.5. The molecule has 2 aromatic rings. The van der Waals surface area contributed by atoms with Gasteiger partial charge in [-0.05, 0) is 49.0 Å². The molecular formula is C17H15BrCl2N2O2S. The highest BCUT2D eigenvalue weighted by atomic mass is 79.9. The van der Waals surface area contributed by atoms with E-state index in [9.17, 15) is 4.79 Å².